The van der Waals surface area contributed by atoms with E-state index < -0.39 is 0 Å². The van der Waals surface area contributed by atoms with E-state index in [0.717, 1.165) is 22.0 Å². The summed E-state index contributed by atoms with van der Waals surface area (Å²) in [6.07, 6.45) is 0. The summed E-state index contributed by atoms with van der Waals surface area (Å²) in [5, 5.41) is 2.15. The number of ether oxygens (including phenoxy) is 1. The van der Waals surface area contributed by atoms with Gasteiger partial charge < -0.3 is 4.74 Å². The summed E-state index contributed by atoms with van der Waals surface area (Å²) in [5.41, 5.74) is 1.74. The lowest BCUT2D eigenvalue weighted by Crippen LogP contribution is -2.30. The van der Waals surface area contributed by atoms with Gasteiger partial charge in [-0.15, -0.1) is 0 Å². The zero-order valence-corrected chi connectivity index (χ0v) is 11.2. The Labute approximate surface area is 112 Å². The summed E-state index contributed by atoms with van der Waals surface area (Å²) in [6, 6.07) is 11.8. The third kappa shape index (κ3) is 2.00. The van der Waals surface area contributed by atoms with Crippen molar-refractivity contribution < 1.29 is 9.53 Å². The Hall–Kier alpha value is -1.87. The lowest BCUT2D eigenvalue weighted by molar-refractivity contribution is 0.0841. The molecule has 0 N–H and O–H groups in total. The highest BCUT2D eigenvalue weighted by Gasteiger charge is 2.29. The van der Waals surface area contributed by atoms with Crippen LogP contribution in [0.15, 0.2) is 36.4 Å². The van der Waals surface area contributed by atoms with Crippen molar-refractivity contribution in [2.45, 2.75) is 13.8 Å². The molecule has 1 amide bonds. The Morgan fingerprint density at radius 3 is 2.63 bits per heavy atom. The molecule has 3 heteroatoms. The van der Waals surface area contributed by atoms with E-state index in [9.17, 15) is 4.79 Å². The highest BCUT2D eigenvalue weighted by Crippen LogP contribution is 2.36. The SMILES string of the molecule is CC(C)COCN1C(=O)c2cccc3cccc1c23. The third-order valence-corrected chi connectivity index (χ3v) is 3.32. The summed E-state index contributed by atoms with van der Waals surface area (Å²) < 4.78 is 5.62. The van der Waals surface area contributed by atoms with Gasteiger partial charge >= 0.3 is 0 Å². The Kier molecular flexibility index (Phi) is 2.99. The number of amides is 1. The van der Waals surface area contributed by atoms with Gasteiger partial charge in [-0.3, -0.25) is 9.69 Å². The minimum absolute atomic E-state index is 0.0376. The number of benzene rings is 2. The van der Waals surface area contributed by atoms with Crippen LogP contribution in [0.3, 0.4) is 0 Å². The fraction of sp³-hybridized carbons (Fsp3) is 0.312. The van der Waals surface area contributed by atoms with E-state index in [0.29, 0.717) is 19.3 Å². The molecule has 0 aliphatic carbocycles. The van der Waals surface area contributed by atoms with Crippen LogP contribution in [-0.2, 0) is 4.74 Å². The fourth-order valence-corrected chi connectivity index (χ4v) is 2.49. The molecule has 19 heavy (non-hydrogen) atoms. The van der Waals surface area contributed by atoms with E-state index in [2.05, 4.69) is 13.8 Å². The van der Waals surface area contributed by atoms with Crippen molar-refractivity contribution in [2.24, 2.45) is 5.92 Å². The minimum Gasteiger partial charge on any atom is -0.360 e. The molecule has 0 atom stereocenters. The summed E-state index contributed by atoms with van der Waals surface area (Å²) in [5.74, 6) is 0.506. The molecule has 1 aliphatic rings. The van der Waals surface area contributed by atoms with Gasteiger partial charge in [-0.25, -0.2) is 0 Å². The molecule has 0 spiro atoms. The molecular formula is C16H17NO2. The van der Waals surface area contributed by atoms with E-state index in [1.807, 2.05) is 36.4 Å². The van der Waals surface area contributed by atoms with Gasteiger partial charge in [0.1, 0.15) is 6.73 Å². The van der Waals surface area contributed by atoms with Gasteiger partial charge in [0, 0.05) is 10.9 Å². The van der Waals surface area contributed by atoms with Crippen LogP contribution in [0.4, 0.5) is 5.69 Å². The molecule has 0 saturated heterocycles. The Morgan fingerprint density at radius 1 is 1.16 bits per heavy atom. The van der Waals surface area contributed by atoms with Crippen LogP contribution in [-0.4, -0.2) is 19.2 Å². The van der Waals surface area contributed by atoms with Gasteiger partial charge in [0.25, 0.3) is 5.91 Å². The second-order valence-corrected chi connectivity index (χ2v) is 5.31. The molecule has 98 valence electrons. The zero-order valence-electron chi connectivity index (χ0n) is 11.2. The van der Waals surface area contributed by atoms with E-state index in [1.165, 1.54) is 0 Å². The average molecular weight is 255 g/mol. The van der Waals surface area contributed by atoms with Crippen LogP contribution in [0.5, 0.6) is 0 Å². The minimum atomic E-state index is 0.0376. The standard InChI is InChI=1S/C16H17NO2/c1-11(2)9-19-10-17-14-8-4-6-12-5-3-7-13(15(12)14)16(17)18/h3-8,11H,9-10H2,1-2H3. The van der Waals surface area contributed by atoms with Crippen molar-refractivity contribution in [3.63, 3.8) is 0 Å². The Balaban J connectivity index is 1.94. The summed E-state index contributed by atoms with van der Waals surface area (Å²) >= 11 is 0. The third-order valence-electron chi connectivity index (χ3n) is 3.32. The monoisotopic (exact) mass is 255 g/mol. The van der Waals surface area contributed by atoms with E-state index in [4.69, 9.17) is 4.74 Å². The van der Waals surface area contributed by atoms with Crippen LogP contribution in [0.25, 0.3) is 10.8 Å². The zero-order chi connectivity index (χ0) is 13.4. The first-order valence-corrected chi connectivity index (χ1v) is 6.60. The van der Waals surface area contributed by atoms with Crippen LogP contribution in [0.2, 0.25) is 0 Å². The maximum absolute atomic E-state index is 12.4. The quantitative estimate of drug-likeness (QED) is 0.837. The second-order valence-electron chi connectivity index (χ2n) is 5.31. The van der Waals surface area contributed by atoms with Crippen molar-refractivity contribution >= 4 is 22.4 Å². The molecule has 3 rings (SSSR count). The van der Waals surface area contributed by atoms with Gasteiger partial charge in [-0.1, -0.05) is 38.1 Å². The summed E-state index contributed by atoms with van der Waals surface area (Å²) in [6.45, 7) is 5.18. The molecule has 1 heterocycles. The van der Waals surface area contributed by atoms with E-state index >= 15 is 0 Å². The highest BCUT2D eigenvalue weighted by molar-refractivity contribution is 6.24. The molecule has 1 aliphatic heterocycles. The van der Waals surface area contributed by atoms with Gasteiger partial charge in [0.05, 0.1) is 12.3 Å². The van der Waals surface area contributed by atoms with Crippen molar-refractivity contribution in [1.82, 2.24) is 0 Å². The predicted octanol–water partition coefficient (Wildman–Crippen LogP) is 3.43. The van der Waals surface area contributed by atoms with Gasteiger partial charge in [-0.2, -0.15) is 0 Å². The Bertz CT molecular complexity index is 628. The molecule has 0 radical (unpaired) electrons. The number of rotatable bonds is 4. The molecule has 0 saturated carbocycles. The molecular weight excluding hydrogens is 238 g/mol. The predicted molar refractivity (Wildman–Crippen MR) is 76.4 cm³/mol. The molecule has 2 aromatic carbocycles. The average Bonchev–Trinajstić information content (AvgIpc) is 2.67. The number of nitrogens with zero attached hydrogens (tertiary/aromatic N) is 1. The maximum atomic E-state index is 12.4. The normalized spacial score (nSPS) is 13.8. The first-order valence-electron chi connectivity index (χ1n) is 6.60. The number of hydrogen-bond donors (Lipinski definition) is 0. The molecule has 0 fully saturated rings. The lowest BCUT2D eigenvalue weighted by Gasteiger charge is -2.18. The number of carbonyl (C=O) groups is 1. The van der Waals surface area contributed by atoms with E-state index in [-0.39, 0.29) is 5.91 Å². The molecule has 0 unspecified atom stereocenters. The number of anilines is 1. The van der Waals surface area contributed by atoms with E-state index in [1.54, 1.807) is 4.90 Å². The molecule has 0 aromatic heterocycles. The van der Waals surface area contributed by atoms with Crippen molar-refractivity contribution in [2.75, 3.05) is 18.2 Å². The first-order chi connectivity index (χ1) is 9.18. The van der Waals surface area contributed by atoms with Crippen LogP contribution in [0.1, 0.15) is 24.2 Å². The van der Waals surface area contributed by atoms with Gasteiger partial charge in [-0.05, 0) is 23.4 Å². The fourth-order valence-electron chi connectivity index (χ4n) is 2.49. The largest absolute Gasteiger partial charge is 0.360 e. The second kappa shape index (κ2) is 4.67. The smallest absolute Gasteiger partial charge is 0.260 e. The van der Waals surface area contributed by atoms with Gasteiger partial charge in [0.2, 0.25) is 0 Å². The van der Waals surface area contributed by atoms with Crippen LogP contribution < -0.4 is 4.90 Å². The first kappa shape index (κ1) is 12.2. The van der Waals surface area contributed by atoms with Crippen molar-refractivity contribution in [3.05, 3.63) is 42.0 Å². The maximum Gasteiger partial charge on any atom is 0.260 e. The number of carbonyl (C=O) groups excluding carboxylic acids is 1. The molecule has 2 aromatic rings. The van der Waals surface area contributed by atoms with Gasteiger partial charge in [0.15, 0.2) is 0 Å². The van der Waals surface area contributed by atoms with Crippen molar-refractivity contribution in [3.8, 4) is 0 Å². The van der Waals surface area contributed by atoms with Crippen LogP contribution in [0, 0.1) is 5.92 Å². The van der Waals surface area contributed by atoms with Crippen LogP contribution >= 0.6 is 0 Å². The number of hydrogen-bond acceptors (Lipinski definition) is 2. The lowest BCUT2D eigenvalue weighted by atomic mass is 10.1. The topological polar surface area (TPSA) is 29.5 Å². The van der Waals surface area contributed by atoms with Crippen molar-refractivity contribution in [1.29, 1.82) is 0 Å². The molecule has 3 nitrogen and oxygen atoms in total. The summed E-state index contributed by atoms with van der Waals surface area (Å²) in [7, 11) is 0. The Morgan fingerprint density at radius 2 is 1.89 bits per heavy atom. The highest BCUT2D eigenvalue weighted by atomic mass is 16.5. The summed E-state index contributed by atoms with van der Waals surface area (Å²) in [4.78, 5) is 14.1. The molecule has 0 bridgehead atoms.